The van der Waals surface area contributed by atoms with E-state index >= 15 is 0 Å². The Kier molecular flexibility index (Phi) is 5.80. The van der Waals surface area contributed by atoms with E-state index in [2.05, 4.69) is 10.3 Å². The van der Waals surface area contributed by atoms with Gasteiger partial charge in [-0.25, -0.2) is 4.39 Å². The van der Waals surface area contributed by atoms with Crippen LogP contribution in [-0.2, 0) is 16.0 Å². The van der Waals surface area contributed by atoms with Crippen LogP contribution in [0.25, 0.3) is 0 Å². The van der Waals surface area contributed by atoms with Gasteiger partial charge in [-0.3, -0.25) is 14.6 Å². The Morgan fingerprint density at radius 2 is 2.09 bits per heavy atom. The number of nitrogens with one attached hydrogen (secondary N) is 1. The van der Waals surface area contributed by atoms with Crippen molar-refractivity contribution < 1.29 is 14.0 Å². The maximum Gasteiger partial charge on any atom is 0.243 e. The van der Waals surface area contributed by atoms with E-state index in [1.54, 1.807) is 25.5 Å². The van der Waals surface area contributed by atoms with Gasteiger partial charge in [0.2, 0.25) is 11.8 Å². The van der Waals surface area contributed by atoms with Crippen LogP contribution >= 0.6 is 0 Å². The fourth-order valence-electron chi connectivity index (χ4n) is 2.06. The summed E-state index contributed by atoms with van der Waals surface area (Å²) >= 11 is 0. The summed E-state index contributed by atoms with van der Waals surface area (Å²) in [6, 6.07) is 9.33. The van der Waals surface area contributed by atoms with Crippen molar-refractivity contribution >= 4 is 17.5 Å². The molecule has 0 saturated carbocycles. The molecule has 0 fully saturated rings. The third-order valence-electron chi connectivity index (χ3n) is 3.27. The fraction of sp³-hybridized carbons (Fsp3) is 0.235. The number of aromatic nitrogens is 1. The van der Waals surface area contributed by atoms with Crippen molar-refractivity contribution in [3.63, 3.8) is 0 Å². The first-order valence-electron chi connectivity index (χ1n) is 7.23. The van der Waals surface area contributed by atoms with Gasteiger partial charge in [0.25, 0.3) is 0 Å². The van der Waals surface area contributed by atoms with E-state index in [4.69, 9.17) is 0 Å². The number of likely N-dealkylation sites (N-methyl/N-ethyl adjacent to an activating group) is 1. The first kappa shape index (κ1) is 16.6. The van der Waals surface area contributed by atoms with Gasteiger partial charge < -0.3 is 10.2 Å². The zero-order chi connectivity index (χ0) is 16.7. The van der Waals surface area contributed by atoms with Gasteiger partial charge in [0, 0.05) is 31.5 Å². The molecule has 5 nitrogen and oxygen atoms in total. The van der Waals surface area contributed by atoms with E-state index in [0.29, 0.717) is 18.5 Å². The average molecular weight is 315 g/mol. The van der Waals surface area contributed by atoms with Crippen molar-refractivity contribution in [2.75, 3.05) is 18.9 Å². The number of amides is 2. The molecule has 23 heavy (non-hydrogen) atoms. The number of carbonyl (C=O) groups excluding carboxylic acids is 2. The lowest BCUT2D eigenvalue weighted by Gasteiger charge is -2.16. The molecule has 1 aromatic heterocycles. The van der Waals surface area contributed by atoms with Gasteiger partial charge in [-0.1, -0.05) is 12.1 Å². The Morgan fingerprint density at radius 1 is 1.26 bits per heavy atom. The second-order valence-corrected chi connectivity index (χ2v) is 5.17. The lowest BCUT2D eigenvalue weighted by molar-refractivity contribution is -0.133. The van der Waals surface area contributed by atoms with E-state index in [1.807, 2.05) is 12.1 Å². The Balaban J connectivity index is 1.79. The first-order chi connectivity index (χ1) is 11.0. The second-order valence-electron chi connectivity index (χ2n) is 5.17. The largest absolute Gasteiger partial charge is 0.336 e. The van der Waals surface area contributed by atoms with Crippen LogP contribution in [0.2, 0.25) is 0 Å². The normalized spacial score (nSPS) is 10.2. The van der Waals surface area contributed by atoms with Crippen LogP contribution in [0.15, 0.2) is 48.8 Å². The molecule has 1 N–H and O–H groups in total. The molecule has 0 aliphatic rings. The van der Waals surface area contributed by atoms with Crippen LogP contribution in [-0.4, -0.2) is 35.3 Å². The summed E-state index contributed by atoms with van der Waals surface area (Å²) in [6.07, 6.45) is 4.26. The predicted octanol–water partition coefficient (Wildman–Crippen LogP) is 2.25. The molecule has 0 spiro atoms. The van der Waals surface area contributed by atoms with Gasteiger partial charge in [-0.2, -0.15) is 0 Å². The highest BCUT2D eigenvalue weighted by Gasteiger charge is 2.13. The highest BCUT2D eigenvalue weighted by atomic mass is 19.1. The zero-order valence-corrected chi connectivity index (χ0v) is 12.8. The molecule has 0 bridgehead atoms. The van der Waals surface area contributed by atoms with Crippen LogP contribution in [0, 0.1) is 5.82 Å². The molecule has 1 heterocycles. The number of benzene rings is 1. The lowest BCUT2D eigenvalue weighted by Crippen LogP contribution is -2.35. The molecule has 120 valence electrons. The van der Waals surface area contributed by atoms with Crippen molar-refractivity contribution in [1.29, 1.82) is 0 Å². The van der Waals surface area contributed by atoms with E-state index in [9.17, 15) is 14.0 Å². The van der Waals surface area contributed by atoms with Crippen LogP contribution in [0.1, 0.15) is 12.0 Å². The summed E-state index contributed by atoms with van der Waals surface area (Å²) in [5.74, 6) is -0.931. The summed E-state index contributed by atoms with van der Waals surface area (Å²) in [5.41, 5.74) is 1.34. The van der Waals surface area contributed by atoms with E-state index in [-0.39, 0.29) is 18.4 Å². The highest BCUT2D eigenvalue weighted by molar-refractivity contribution is 5.94. The van der Waals surface area contributed by atoms with E-state index in [1.165, 1.54) is 23.1 Å². The summed E-state index contributed by atoms with van der Waals surface area (Å²) in [7, 11) is 1.57. The van der Waals surface area contributed by atoms with Crippen LogP contribution in [0.5, 0.6) is 0 Å². The quantitative estimate of drug-likeness (QED) is 0.889. The Bertz CT molecular complexity index is 677. The Labute approximate surface area is 134 Å². The van der Waals surface area contributed by atoms with E-state index < -0.39 is 5.82 Å². The maximum atomic E-state index is 13.0. The smallest absolute Gasteiger partial charge is 0.243 e. The monoisotopic (exact) mass is 315 g/mol. The minimum atomic E-state index is -0.427. The zero-order valence-electron chi connectivity index (χ0n) is 12.8. The van der Waals surface area contributed by atoms with Gasteiger partial charge in [-0.05, 0) is 36.2 Å². The molecule has 0 aliphatic carbocycles. The first-order valence-corrected chi connectivity index (χ1v) is 7.23. The third-order valence-corrected chi connectivity index (χ3v) is 3.27. The molecular formula is C17H18FN3O2. The Morgan fingerprint density at radius 3 is 2.78 bits per heavy atom. The van der Waals surface area contributed by atoms with Crippen LogP contribution in [0.4, 0.5) is 10.1 Å². The minimum Gasteiger partial charge on any atom is -0.336 e. The SMILES string of the molecule is CN(CC(=O)Nc1cccc(F)c1)C(=O)CCc1cccnc1. The number of hydrogen-bond acceptors (Lipinski definition) is 3. The van der Waals surface area contributed by atoms with Crippen molar-refractivity contribution in [3.8, 4) is 0 Å². The predicted molar refractivity (Wildman–Crippen MR) is 85.2 cm³/mol. The number of hydrogen-bond donors (Lipinski definition) is 1. The van der Waals surface area contributed by atoms with Crippen molar-refractivity contribution in [2.24, 2.45) is 0 Å². The number of nitrogens with zero attached hydrogens (tertiary/aromatic N) is 2. The highest BCUT2D eigenvalue weighted by Crippen LogP contribution is 2.09. The molecule has 2 aromatic rings. The van der Waals surface area contributed by atoms with Crippen LogP contribution < -0.4 is 5.32 Å². The molecular weight excluding hydrogens is 297 g/mol. The third kappa shape index (κ3) is 5.50. The number of halogens is 1. The lowest BCUT2D eigenvalue weighted by atomic mass is 10.1. The van der Waals surface area contributed by atoms with Crippen molar-refractivity contribution in [3.05, 3.63) is 60.2 Å². The minimum absolute atomic E-state index is 0.0810. The summed E-state index contributed by atoms with van der Waals surface area (Å²) in [6.45, 7) is -0.0810. The summed E-state index contributed by atoms with van der Waals surface area (Å²) < 4.78 is 13.0. The molecule has 6 heteroatoms. The molecule has 0 saturated heterocycles. The molecule has 2 rings (SSSR count). The standard InChI is InChI=1S/C17H18FN3O2/c1-21(17(23)8-7-13-4-3-9-19-11-13)12-16(22)20-15-6-2-5-14(18)10-15/h2-6,9-11H,7-8,12H2,1H3,(H,20,22). The summed E-state index contributed by atoms with van der Waals surface area (Å²) in [4.78, 5) is 29.2. The molecule has 2 amide bonds. The topological polar surface area (TPSA) is 62.3 Å². The number of aryl methyl sites for hydroxylation is 1. The average Bonchev–Trinajstić information content (AvgIpc) is 2.53. The fourth-order valence-corrected chi connectivity index (χ4v) is 2.06. The Hall–Kier alpha value is -2.76. The molecule has 0 radical (unpaired) electrons. The number of anilines is 1. The second kappa shape index (κ2) is 8.03. The summed E-state index contributed by atoms with van der Waals surface area (Å²) in [5, 5.41) is 2.56. The number of carbonyl (C=O) groups is 2. The van der Waals surface area contributed by atoms with Gasteiger partial charge in [-0.15, -0.1) is 0 Å². The van der Waals surface area contributed by atoms with Gasteiger partial charge >= 0.3 is 0 Å². The van der Waals surface area contributed by atoms with Crippen molar-refractivity contribution in [1.82, 2.24) is 9.88 Å². The molecule has 0 unspecified atom stereocenters. The van der Waals surface area contributed by atoms with Gasteiger partial charge in [0.05, 0.1) is 6.54 Å². The molecule has 0 aliphatic heterocycles. The van der Waals surface area contributed by atoms with Crippen molar-refractivity contribution in [2.45, 2.75) is 12.8 Å². The number of rotatable bonds is 6. The molecule has 1 aromatic carbocycles. The van der Waals surface area contributed by atoms with Gasteiger partial charge in [0.1, 0.15) is 5.82 Å². The number of pyridine rings is 1. The van der Waals surface area contributed by atoms with Crippen LogP contribution in [0.3, 0.4) is 0 Å². The van der Waals surface area contributed by atoms with E-state index in [0.717, 1.165) is 5.56 Å². The maximum absolute atomic E-state index is 13.0. The van der Waals surface area contributed by atoms with Gasteiger partial charge in [0.15, 0.2) is 0 Å². The molecule has 0 atom stereocenters.